The van der Waals surface area contributed by atoms with Crippen LogP contribution in [0.1, 0.15) is 11.7 Å². The smallest absolute Gasteiger partial charge is 0.118 e. The quantitative estimate of drug-likeness (QED) is 0.627. The van der Waals surface area contributed by atoms with Gasteiger partial charge in [-0.3, -0.25) is 0 Å². The lowest BCUT2D eigenvalue weighted by molar-refractivity contribution is 0.126. The van der Waals surface area contributed by atoms with Gasteiger partial charge in [0.25, 0.3) is 0 Å². The Balaban J connectivity index is 2.78. The first-order valence-electron chi connectivity index (χ1n) is 4.04. The third-order valence-corrected chi connectivity index (χ3v) is 2.71. The molecule has 0 saturated heterocycles. The van der Waals surface area contributed by atoms with Crippen molar-refractivity contribution in [3.05, 3.63) is 29.8 Å². The Hall–Kier alpha value is -0.290. The van der Waals surface area contributed by atoms with Crippen molar-refractivity contribution in [3.63, 3.8) is 0 Å². The van der Waals surface area contributed by atoms with Crippen LogP contribution in [0.3, 0.4) is 0 Å². The highest BCUT2D eigenvalue weighted by atomic mass is 127. The van der Waals surface area contributed by atoms with Crippen LogP contribution in [0, 0.1) is 0 Å². The number of hydrogen-bond donors (Lipinski definition) is 0. The molecule has 72 valence electrons. The molecular formula is C10H13IO2. The van der Waals surface area contributed by atoms with Crippen LogP contribution in [0.4, 0.5) is 0 Å². The van der Waals surface area contributed by atoms with Gasteiger partial charge in [-0.1, -0.05) is 34.7 Å². The molecule has 1 atom stereocenters. The van der Waals surface area contributed by atoms with E-state index in [1.807, 2.05) is 24.3 Å². The normalized spacial score (nSPS) is 12.5. The number of benzene rings is 1. The van der Waals surface area contributed by atoms with Gasteiger partial charge in [0, 0.05) is 11.5 Å². The molecule has 1 rings (SSSR count). The lowest BCUT2D eigenvalue weighted by Crippen LogP contribution is -2.01. The Morgan fingerprint density at radius 2 is 1.85 bits per heavy atom. The highest BCUT2D eigenvalue weighted by molar-refractivity contribution is 14.1. The fourth-order valence-corrected chi connectivity index (χ4v) is 1.97. The predicted molar refractivity (Wildman–Crippen MR) is 61.6 cm³/mol. The molecule has 13 heavy (non-hydrogen) atoms. The average Bonchev–Trinajstić information content (AvgIpc) is 2.21. The molecule has 1 aromatic carbocycles. The van der Waals surface area contributed by atoms with Crippen LogP contribution in [-0.4, -0.2) is 18.6 Å². The van der Waals surface area contributed by atoms with Crippen molar-refractivity contribution in [2.75, 3.05) is 18.6 Å². The van der Waals surface area contributed by atoms with Gasteiger partial charge in [0.05, 0.1) is 13.2 Å². The van der Waals surface area contributed by atoms with E-state index in [1.54, 1.807) is 14.2 Å². The van der Waals surface area contributed by atoms with E-state index in [9.17, 15) is 0 Å². The molecule has 0 heterocycles. The van der Waals surface area contributed by atoms with Crippen LogP contribution < -0.4 is 4.74 Å². The van der Waals surface area contributed by atoms with E-state index in [0.29, 0.717) is 0 Å². The first-order chi connectivity index (χ1) is 6.31. The molecule has 3 heteroatoms. The zero-order valence-electron chi connectivity index (χ0n) is 7.79. The van der Waals surface area contributed by atoms with Gasteiger partial charge in [-0.05, 0) is 17.7 Å². The van der Waals surface area contributed by atoms with E-state index in [4.69, 9.17) is 9.47 Å². The second kappa shape index (κ2) is 5.44. The summed E-state index contributed by atoms with van der Waals surface area (Å²) in [7, 11) is 3.40. The number of halogens is 1. The van der Waals surface area contributed by atoms with Crippen molar-refractivity contribution in [3.8, 4) is 5.75 Å². The molecule has 0 bridgehead atoms. The summed E-state index contributed by atoms with van der Waals surface area (Å²) in [5, 5.41) is 0. The van der Waals surface area contributed by atoms with Crippen molar-refractivity contribution in [1.29, 1.82) is 0 Å². The molecule has 1 aromatic rings. The zero-order valence-corrected chi connectivity index (χ0v) is 9.95. The molecule has 0 spiro atoms. The third kappa shape index (κ3) is 2.84. The molecule has 0 radical (unpaired) electrons. The van der Waals surface area contributed by atoms with Gasteiger partial charge in [0.2, 0.25) is 0 Å². The van der Waals surface area contributed by atoms with Gasteiger partial charge in [-0.25, -0.2) is 0 Å². The van der Waals surface area contributed by atoms with E-state index in [-0.39, 0.29) is 6.10 Å². The van der Waals surface area contributed by atoms with E-state index in [0.717, 1.165) is 10.2 Å². The summed E-state index contributed by atoms with van der Waals surface area (Å²) >= 11 is 2.31. The maximum Gasteiger partial charge on any atom is 0.118 e. The first-order valence-corrected chi connectivity index (χ1v) is 5.57. The summed E-state index contributed by atoms with van der Waals surface area (Å²) in [5.41, 5.74) is 1.19. The summed E-state index contributed by atoms with van der Waals surface area (Å²) in [6, 6.07) is 7.97. The molecule has 0 fully saturated rings. The van der Waals surface area contributed by atoms with Crippen molar-refractivity contribution in [2.24, 2.45) is 0 Å². The topological polar surface area (TPSA) is 18.5 Å². The number of hydrogen-bond acceptors (Lipinski definition) is 2. The second-order valence-electron chi connectivity index (χ2n) is 2.65. The van der Waals surface area contributed by atoms with Crippen LogP contribution >= 0.6 is 22.6 Å². The van der Waals surface area contributed by atoms with Crippen molar-refractivity contribution < 1.29 is 9.47 Å². The first kappa shape index (κ1) is 10.8. The fourth-order valence-electron chi connectivity index (χ4n) is 1.11. The van der Waals surface area contributed by atoms with E-state index >= 15 is 0 Å². The Bertz CT molecular complexity index is 242. The Labute approximate surface area is 92.4 Å². The number of alkyl halides is 1. The lowest BCUT2D eigenvalue weighted by Gasteiger charge is -2.12. The summed E-state index contributed by atoms with van der Waals surface area (Å²) < 4.78 is 11.3. The standard InChI is InChI=1S/C10H13IO2/c1-12-9-5-3-8(4-6-9)10(7-11)13-2/h3-6,10H,7H2,1-2H3. The minimum atomic E-state index is 0.187. The molecule has 1 unspecified atom stereocenters. The van der Waals surface area contributed by atoms with E-state index in [1.165, 1.54) is 5.56 Å². The molecule has 2 nitrogen and oxygen atoms in total. The van der Waals surface area contributed by atoms with Gasteiger partial charge in [-0.15, -0.1) is 0 Å². The van der Waals surface area contributed by atoms with Crippen molar-refractivity contribution in [1.82, 2.24) is 0 Å². The Morgan fingerprint density at radius 3 is 2.23 bits per heavy atom. The van der Waals surface area contributed by atoms with E-state index < -0.39 is 0 Å². The van der Waals surface area contributed by atoms with Gasteiger partial charge < -0.3 is 9.47 Å². The van der Waals surface area contributed by atoms with Crippen LogP contribution in [0.25, 0.3) is 0 Å². The molecule has 0 aliphatic rings. The number of rotatable bonds is 4. The van der Waals surface area contributed by atoms with Crippen molar-refractivity contribution >= 4 is 22.6 Å². The van der Waals surface area contributed by atoms with Crippen LogP contribution in [0.15, 0.2) is 24.3 Å². The third-order valence-electron chi connectivity index (χ3n) is 1.91. The van der Waals surface area contributed by atoms with Gasteiger partial charge in [0.1, 0.15) is 5.75 Å². The monoisotopic (exact) mass is 292 g/mol. The lowest BCUT2D eigenvalue weighted by atomic mass is 10.1. The average molecular weight is 292 g/mol. The van der Waals surface area contributed by atoms with Crippen LogP contribution in [0.5, 0.6) is 5.75 Å². The minimum Gasteiger partial charge on any atom is -0.497 e. The van der Waals surface area contributed by atoms with Crippen molar-refractivity contribution in [2.45, 2.75) is 6.10 Å². The highest BCUT2D eigenvalue weighted by Crippen LogP contribution is 2.21. The minimum absolute atomic E-state index is 0.187. The molecule has 0 aliphatic heterocycles. The molecule has 0 aromatic heterocycles. The number of methoxy groups -OCH3 is 2. The molecule has 0 amide bonds. The summed E-state index contributed by atoms with van der Waals surface area (Å²) in [6.45, 7) is 0. The Kier molecular flexibility index (Phi) is 4.52. The summed E-state index contributed by atoms with van der Waals surface area (Å²) in [5.74, 6) is 0.882. The Morgan fingerprint density at radius 1 is 1.23 bits per heavy atom. The zero-order chi connectivity index (χ0) is 9.68. The molecule has 0 saturated carbocycles. The highest BCUT2D eigenvalue weighted by Gasteiger charge is 2.07. The van der Waals surface area contributed by atoms with Crippen LogP contribution in [-0.2, 0) is 4.74 Å². The van der Waals surface area contributed by atoms with E-state index in [2.05, 4.69) is 22.6 Å². The van der Waals surface area contributed by atoms with Crippen LogP contribution in [0.2, 0.25) is 0 Å². The molecule has 0 N–H and O–H groups in total. The summed E-state index contributed by atoms with van der Waals surface area (Å²) in [4.78, 5) is 0. The molecule has 0 aliphatic carbocycles. The second-order valence-corrected chi connectivity index (χ2v) is 3.53. The molecular weight excluding hydrogens is 279 g/mol. The SMILES string of the molecule is COc1ccc(C(CI)OC)cc1. The fraction of sp³-hybridized carbons (Fsp3) is 0.400. The largest absolute Gasteiger partial charge is 0.497 e. The predicted octanol–water partition coefficient (Wildman–Crippen LogP) is 2.82. The van der Waals surface area contributed by atoms with Gasteiger partial charge in [0.15, 0.2) is 0 Å². The maximum absolute atomic E-state index is 5.31. The summed E-state index contributed by atoms with van der Waals surface area (Å²) in [6.07, 6.45) is 0.187. The number of ether oxygens (including phenoxy) is 2. The maximum atomic E-state index is 5.31. The van der Waals surface area contributed by atoms with Gasteiger partial charge >= 0.3 is 0 Å². The van der Waals surface area contributed by atoms with Gasteiger partial charge in [-0.2, -0.15) is 0 Å².